The van der Waals surface area contributed by atoms with Gasteiger partial charge in [-0.25, -0.2) is 0 Å². The quantitative estimate of drug-likeness (QED) is 0.242. The minimum Gasteiger partial charge on any atom is -0.493 e. The fraction of sp³-hybridized carbons (Fsp3) is 0.294. The van der Waals surface area contributed by atoms with Gasteiger partial charge in [-0.05, 0) is 72.0 Å². The SMILES string of the molecule is COc1cccc(-c2cc(Cl)cc3c2OC(CN)C3)c1OC.Cc1cccc(-c2cc(Cl)cc3c2OC(CN)C3)c1C. The Labute approximate surface area is 257 Å². The summed E-state index contributed by atoms with van der Waals surface area (Å²) >= 11 is 12.6. The van der Waals surface area contributed by atoms with Crippen molar-refractivity contribution in [2.45, 2.75) is 38.9 Å². The van der Waals surface area contributed by atoms with E-state index in [9.17, 15) is 0 Å². The van der Waals surface area contributed by atoms with Crippen LogP contribution >= 0.6 is 23.2 Å². The Balaban J connectivity index is 0.000000169. The first-order valence-electron chi connectivity index (χ1n) is 13.9. The Morgan fingerprint density at radius 3 is 1.76 bits per heavy atom. The molecule has 4 aromatic carbocycles. The van der Waals surface area contributed by atoms with Gasteiger partial charge in [0.05, 0.1) is 14.2 Å². The number of methoxy groups -OCH3 is 2. The maximum Gasteiger partial charge on any atom is 0.168 e. The summed E-state index contributed by atoms with van der Waals surface area (Å²) in [5.74, 6) is 3.10. The Morgan fingerprint density at radius 2 is 1.24 bits per heavy atom. The lowest BCUT2D eigenvalue weighted by Gasteiger charge is -2.16. The number of ether oxygens (including phenoxy) is 4. The van der Waals surface area contributed by atoms with E-state index in [1.165, 1.54) is 16.7 Å². The van der Waals surface area contributed by atoms with E-state index in [0.29, 0.717) is 29.6 Å². The second kappa shape index (κ2) is 12.8. The van der Waals surface area contributed by atoms with Gasteiger partial charge in [0.25, 0.3) is 0 Å². The van der Waals surface area contributed by atoms with E-state index >= 15 is 0 Å². The Hall–Kier alpha value is -3.42. The number of nitrogens with two attached hydrogens (primary N) is 2. The second-order valence-electron chi connectivity index (χ2n) is 10.5. The van der Waals surface area contributed by atoms with Crippen molar-refractivity contribution in [2.75, 3.05) is 27.3 Å². The highest BCUT2D eigenvalue weighted by Gasteiger charge is 2.28. The number of benzene rings is 4. The third-order valence-electron chi connectivity index (χ3n) is 7.84. The summed E-state index contributed by atoms with van der Waals surface area (Å²) in [6.07, 6.45) is 1.66. The maximum absolute atomic E-state index is 6.28. The lowest BCUT2D eigenvalue weighted by molar-refractivity contribution is 0.242. The van der Waals surface area contributed by atoms with E-state index in [-0.39, 0.29) is 12.2 Å². The van der Waals surface area contributed by atoms with Crippen molar-refractivity contribution in [1.29, 1.82) is 0 Å². The van der Waals surface area contributed by atoms with E-state index in [2.05, 4.69) is 32.0 Å². The minimum absolute atomic E-state index is 0.0104. The average Bonchev–Trinajstić information content (AvgIpc) is 3.61. The number of hydrogen-bond acceptors (Lipinski definition) is 6. The number of hydrogen-bond donors (Lipinski definition) is 2. The van der Waals surface area contributed by atoms with Crippen LogP contribution in [0.15, 0.2) is 60.7 Å². The molecule has 0 spiro atoms. The minimum atomic E-state index is -0.0104. The van der Waals surface area contributed by atoms with E-state index < -0.39 is 0 Å². The average molecular weight is 608 g/mol. The van der Waals surface area contributed by atoms with Crippen molar-refractivity contribution in [3.8, 4) is 45.3 Å². The van der Waals surface area contributed by atoms with Gasteiger partial charge >= 0.3 is 0 Å². The number of aryl methyl sites for hydroxylation is 1. The molecule has 0 saturated heterocycles. The molecule has 2 atom stereocenters. The summed E-state index contributed by atoms with van der Waals surface area (Å²) in [4.78, 5) is 0. The lowest BCUT2D eigenvalue weighted by atomic mass is 9.95. The molecule has 0 saturated carbocycles. The van der Waals surface area contributed by atoms with Crippen LogP contribution < -0.4 is 30.4 Å². The predicted octanol–water partition coefficient (Wildman–Crippen LogP) is 7.17. The standard InChI is InChI=1S/C17H18ClNO3.C17H18ClNO/c1-20-15-5-3-4-13(17(15)21-2)14-8-11(18)6-10-7-12(9-19)22-16(10)14;1-10-4-3-5-15(11(10)2)16-8-13(18)6-12-7-14(9-19)20-17(12)16/h3-6,8,12H,7,9,19H2,1-2H3;3-6,8,14H,7,9,19H2,1-2H3. The van der Waals surface area contributed by atoms with Crippen LogP contribution in [0.1, 0.15) is 22.3 Å². The maximum atomic E-state index is 6.28. The molecule has 0 fully saturated rings. The fourth-order valence-electron chi connectivity index (χ4n) is 5.59. The van der Waals surface area contributed by atoms with Crippen molar-refractivity contribution in [2.24, 2.45) is 11.5 Å². The molecule has 0 amide bonds. The first-order chi connectivity index (χ1) is 20.3. The second-order valence-corrected chi connectivity index (χ2v) is 11.4. The third kappa shape index (κ3) is 5.90. The van der Waals surface area contributed by atoms with Gasteiger partial charge in [-0.1, -0.05) is 53.5 Å². The molecule has 0 aliphatic carbocycles. The van der Waals surface area contributed by atoms with E-state index in [1.807, 2.05) is 42.5 Å². The summed E-state index contributed by atoms with van der Waals surface area (Å²) in [5, 5.41) is 1.42. The largest absolute Gasteiger partial charge is 0.493 e. The summed E-state index contributed by atoms with van der Waals surface area (Å²) < 4.78 is 22.9. The Bertz CT molecular complexity index is 1610. The van der Waals surface area contributed by atoms with Crippen molar-refractivity contribution in [3.63, 3.8) is 0 Å². The molecule has 4 N–H and O–H groups in total. The molecule has 2 unspecified atom stereocenters. The van der Waals surface area contributed by atoms with Crippen molar-refractivity contribution in [1.82, 2.24) is 0 Å². The van der Waals surface area contributed by atoms with Crippen LogP contribution in [0, 0.1) is 13.8 Å². The molecule has 0 radical (unpaired) electrons. The van der Waals surface area contributed by atoms with Crippen LogP contribution in [0.5, 0.6) is 23.0 Å². The molecule has 8 heteroatoms. The first-order valence-corrected chi connectivity index (χ1v) is 14.7. The summed E-state index contributed by atoms with van der Waals surface area (Å²) in [6.45, 7) is 5.25. The first kappa shape index (κ1) is 30.1. The van der Waals surface area contributed by atoms with Crippen LogP contribution in [-0.4, -0.2) is 39.5 Å². The van der Waals surface area contributed by atoms with Crippen LogP contribution in [0.25, 0.3) is 22.3 Å². The molecular formula is C34H36Cl2N2O4. The molecular weight excluding hydrogens is 571 g/mol. The Morgan fingerprint density at radius 1 is 0.714 bits per heavy atom. The van der Waals surface area contributed by atoms with Gasteiger partial charge < -0.3 is 30.4 Å². The van der Waals surface area contributed by atoms with E-state index in [4.69, 9.17) is 53.6 Å². The van der Waals surface area contributed by atoms with E-state index in [0.717, 1.165) is 57.2 Å². The number of para-hydroxylation sites is 1. The molecule has 6 rings (SSSR count). The molecule has 0 bridgehead atoms. The van der Waals surface area contributed by atoms with Gasteiger partial charge in [-0.3, -0.25) is 0 Å². The third-order valence-corrected chi connectivity index (χ3v) is 8.28. The molecule has 2 heterocycles. The van der Waals surface area contributed by atoms with Crippen molar-refractivity contribution in [3.05, 3.63) is 93.0 Å². The van der Waals surface area contributed by atoms with Gasteiger partial charge in [0.2, 0.25) is 0 Å². The molecule has 2 aliphatic rings. The highest BCUT2D eigenvalue weighted by atomic mass is 35.5. The van der Waals surface area contributed by atoms with Crippen LogP contribution in [0.4, 0.5) is 0 Å². The monoisotopic (exact) mass is 606 g/mol. The number of halogens is 2. The Kier molecular flexibility index (Phi) is 9.19. The normalized spacial score (nSPS) is 16.5. The van der Waals surface area contributed by atoms with Gasteiger partial charge in [-0.15, -0.1) is 0 Å². The zero-order valence-electron chi connectivity index (χ0n) is 24.3. The highest BCUT2D eigenvalue weighted by Crippen LogP contribution is 2.46. The summed E-state index contributed by atoms with van der Waals surface area (Å²) in [6, 6.07) is 19.8. The topological polar surface area (TPSA) is 89.0 Å². The van der Waals surface area contributed by atoms with Crippen molar-refractivity contribution >= 4 is 23.2 Å². The predicted molar refractivity (Wildman–Crippen MR) is 171 cm³/mol. The number of rotatable bonds is 6. The van der Waals surface area contributed by atoms with Crippen LogP contribution in [0.3, 0.4) is 0 Å². The zero-order chi connectivity index (χ0) is 30.0. The fourth-order valence-corrected chi connectivity index (χ4v) is 6.08. The van der Waals surface area contributed by atoms with Gasteiger partial charge in [-0.2, -0.15) is 0 Å². The van der Waals surface area contributed by atoms with Gasteiger partial charge in [0.1, 0.15) is 23.7 Å². The lowest BCUT2D eigenvalue weighted by Crippen LogP contribution is -2.24. The molecule has 2 aliphatic heterocycles. The summed E-state index contributed by atoms with van der Waals surface area (Å²) in [5.41, 5.74) is 20.3. The molecule has 6 nitrogen and oxygen atoms in total. The summed E-state index contributed by atoms with van der Waals surface area (Å²) in [7, 11) is 3.24. The highest BCUT2D eigenvalue weighted by molar-refractivity contribution is 6.31. The van der Waals surface area contributed by atoms with Crippen LogP contribution in [0.2, 0.25) is 10.0 Å². The van der Waals surface area contributed by atoms with Crippen molar-refractivity contribution < 1.29 is 18.9 Å². The number of fused-ring (bicyclic) bond motifs is 2. The van der Waals surface area contributed by atoms with E-state index in [1.54, 1.807) is 14.2 Å². The molecule has 4 aromatic rings. The van der Waals surface area contributed by atoms with Gasteiger partial charge in [0, 0.05) is 52.7 Å². The zero-order valence-corrected chi connectivity index (χ0v) is 25.8. The molecule has 0 aromatic heterocycles. The van der Waals surface area contributed by atoms with Crippen LogP contribution in [-0.2, 0) is 12.8 Å². The van der Waals surface area contributed by atoms with Gasteiger partial charge in [0.15, 0.2) is 11.5 Å². The smallest absolute Gasteiger partial charge is 0.168 e. The molecule has 220 valence electrons. The molecule has 42 heavy (non-hydrogen) atoms.